The van der Waals surface area contributed by atoms with E-state index in [0.717, 1.165) is 13.0 Å². The van der Waals surface area contributed by atoms with Crippen LogP contribution in [0.3, 0.4) is 0 Å². The number of aromatic carboxylic acids is 1. The van der Waals surface area contributed by atoms with E-state index in [4.69, 9.17) is 9.84 Å². The maximum Gasteiger partial charge on any atom is 0.355 e. The van der Waals surface area contributed by atoms with Crippen molar-refractivity contribution in [3.63, 3.8) is 0 Å². The summed E-state index contributed by atoms with van der Waals surface area (Å²) < 4.78 is 5.05. The Morgan fingerprint density at radius 1 is 1.65 bits per heavy atom. The van der Waals surface area contributed by atoms with E-state index in [1.165, 1.54) is 16.7 Å². The van der Waals surface area contributed by atoms with Crippen LogP contribution in [0.2, 0.25) is 0 Å². The molecule has 6 heteroatoms. The molecule has 5 nitrogen and oxygen atoms in total. The average molecular weight is 258 g/mol. The molecule has 0 spiro atoms. The Bertz CT molecular complexity index is 377. The van der Waals surface area contributed by atoms with Crippen LogP contribution in [-0.4, -0.2) is 36.3 Å². The number of nitrogens with zero attached hydrogens (tertiary/aromatic N) is 1. The Morgan fingerprint density at radius 2 is 2.35 bits per heavy atom. The Kier molecular flexibility index (Phi) is 4.89. The zero-order valence-corrected chi connectivity index (χ0v) is 11.1. The fraction of sp³-hybridized carbons (Fsp3) is 0.636. The predicted octanol–water partition coefficient (Wildman–Crippen LogP) is 2.32. The van der Waals surface area contributed by atoms with Gasteiger partial charge in [-0.2, -0.15) is 0 Å². The molecule has 1 rings (SSSR count). The normalized spacial score (nSPS) is 11.5. The van der Waals surface area contributed by atoms with Crippen LogP contribution in [0.15, 0.2) is 5.38 Å². The van der Waals surface area contributed by atoms with Gasteiger partial charge in [-0.1, -0.05) is 13.8 Å². The zero-order chi connectivity index (χ0) is 12.9. The number of aromatic nitrogens is 1. The van der Waals surface area contributed by atoms with Gasteiger partial charge in [0.2, 0.25) is 0 Å². The predicted molar refractivity (Wildman–Crippen MR) is 67.8 cm³/mol. The number of ether oxygens (including phenoxy) is 1. The third-order valence-electron chi connectivity index (χ3n) is 2.42. The summed E-state index contributed by atoms with van der Waals surface area (Å²) in [5.41, 5.74) is 0.178. The Morgan fingerprint density at radius 3 is 2.88 bits per heavy atom. The number of anilines is 1. The van der Waals surface area contributed by atoms with Crippen LogP contribution in [0.4, 0.5) is 5.13 Å². The SMILES string of the molecule is COCCC(C)(C)CNc1nc(C(=O)O)cs1. The molecule has 0 saturated carbocycles. The van der Waals surface area contributed by atoms with Crippen LogP contribution in [-0.2, 0) is 4.74 Å². The lowest BCUT2D eigenvalue weighted by molar-refractivity contribution is 0.0691. The summed E-state index contributed by atoms with van der Waals surface area (Å²) in [5.74, 6) is -0.993. The summed E-state index contributed by atoms with van der Waals surface area (Å²) in [6.45, 7) is 5.71. The molecule has 0 atom stereocenters. The first-order valence-corrected chi connectivity index (χ1v) is 6.24. The van der Waals surface area contributed by atoms with E-state index >= 15 is 0 Å². The maximum atomic E-state index is 10.7. The summed E-state index contributed by atoms with van der Waals surface area (Å²) in [7, 11) is 1.68. The highest BCUT2D eigenvalue weighted by Crippen LogP contribution is 2.22. The molecule has 1 heterocycles. The van der Waals surface area contributed by atoms with E-state index in [1.807, 2.05) is 0 Å². The van der Waals surface area contributed by atoms with E-state index in [2.05, 4.69) is 24.1 Å². The van der Waals surface area contributed by atoms with Crippen LogP contribution < -0.4 is 5.32 Å². The number of carbonyl (C=O) groups is 1. The van der Waals surface area contributed by atoms with Crippen molar-refractivity contribution in [3.8, 4) is 0 Å². The molecule has 0 aliphatic heterocycles. The van der Waals surface area contributed by atoms with E-state index < -0.39 is 5.97 Å². The third kappa shape index (κ3) is 4.70. The zero-order valence-electron chi connectivity index (χ0n) is 10.3. The molecule has 17 heavy (non-hydrogen) atoms. The second kappa shape index (κ2) is 5.97. The summed E-state index contributed by atoms with van der Waals surface area (Å²) >= 11 is 1.31. The standard InChI is InChI=1S/C11H18N2O3S/c1-11(2,4-5-16-3)7-12-10-13-8(6-17-10)9(14)15/h6H,4-5,7H2,1-3H3,(H,12,13)(H,14,15). The van der Waals surface area contributed by atoms with Gasteiger partial charge in [-0.05, 0) is 11.8 Å². The van der Waals surface area contributed by atoms with Gasteiger partial charge in [0.05, 0.1) is 0 Å². The molecule has 0 saturated heterocycles. The minimum atomic E-state index is -0.993. The number of hydrogen-bond acceptors (Lipinski definition) is 5. The second-order valence-corrected chi connectivity index (χ2v) is 5.46. The van der Waals surface area contributed by atoms with Crippen LogP contribution >= 0.6 is 11.3 Å². The van der Waals surface area contributed by atoms with Gasteiger partial charge in [0.25, 0.3) is 0 Å². The molecular weight excluding hydrogens is 240 g/mol. The van der Waals surface area contributed by atoms with Gasteiger partial charge in [0, 0.05) is 25.6 Å². The minimum absolute atomic E-state index is 0.0884. The molecular formula is C11H18N2O3S. The first-order valence-electron chi connectivity index (χ1n) is 5.36. The summed E-state index contributed by atoms with van der Waals surface area (Å²) in [5, 5.41) is 14.1. The monoisotopic (exact) mass is 258 g/mol. The average Bonchev–Trinajstić information content (AvgIpc) is 2.73. The van der Waals surface area contributed by atoms with E-state index in [9.17, 15) is 4.79 Å². The molecule has 0 aliphatic rings. The van der Waals surface area contributed by atoms with Crippen molar-refractivity contribution >= 4 is 22.4 Å². The van der Waals surface area contributed by atoms with Gasteiger partial charge < -0.3 is 15.2 Å². The van der Waals surface area contributed by atoms with Gasteiger partial charge in [-0.3, -0.25) is 0 Å². The summed E-state index contributed by atoms with van der Waals surface area (Å²) in [4.78, 5) is 14.6. The fourth-order valence-electron chi connectivity index (χ4n) is 1.23. The van der Waals surface area contributed by atoms with Crippen LogP contribution in [0, 0.1) is 5.41 Å². The van der Waals surface area contributed by atoms with Crippen molar-refractivity contribution < 1.29 is 14.6 Å². The first-order chi connectivity index (χ1) is 7.94. The lowest BCUT2D eigenvalue weighted by atomic mass is 9.90. The second-order valence-electron chi connectivity index (χ2n) is 4.60. The topological polar surface area (TPSA) is 71.5 Å². The molecule has 0 unspecified atom stereocenters. The summed E-state index contributed by atoms with van der Waals surface area (Å²) in [6.07, 6.45) is 0.938. The lowest BCUT2D eigenvalue weighted by Crippen LogP contribution is -2.24. The number of methoxy groups -OCH3 is 1. The van der Waals surface area contributed by atoms with E-state index in [0.29, 0.717) is 11.7 Å². The van der Waals surface area contributed by atoms with Gasteiger partial charge in [-0.15, -0.1) is 11.3 Å². The van der Waals surface area contributed by atoms with E-state index in [1.54, 1.807) is 7.11 Å². The molecule has 1 aromatic heterocycles. The van der Waals surface area contributed by atoms with Gasteiger partial charge in [0.15, 0.2) is 10.8 Å². The van der Waals surface area contributed by atoms with Crippen molar-refractivity contribution in [2.45, 2.75) is 20.3 Å². The molecule has 0 aromatic carbocycles. The minimum Gasteiger partial charge on any atom is -0.476 e. The molecule has 0 amide bonds. The highest BCUT2D eigenvalue weighted by atomic mass is 32.1. The Hall–Kier alpha value is -1.14. The molecule has 96 valence electrons. The third-order valence-corrected chi connectivity index (χ3v) is 3.22. The number of thiazole rings is 1. The number of rotatable bonds is 7. The van der Waals surface area contributed by atoms with Gasteiger partial charge in [0.1, 0.15) is 0 Å². The molecule has 2 N–H and O–H groups in total. The molecule has 1 aromatic rings. The van der Waals surface area contributed by atoms with Crippen molar-refractivity contribution in [1.29, 1.82) is 0 Å². The number of nitrogens with one attached hydrogen (secondary N) is 1. The van der Waals surface area contributed by atoms with Crippen molar-refractivity contribution in [2.75, 3.05) is 25.6 Å². The van der Waals surface area contributed by atoms with Gasteiger partial charge >= 0.3 is 5.97 Å². The fourth-order valence-corrected chi connectivity index (χ4v) is 1.92. The molecule has 0 radical (unpaired) electrons. The molecule has 0 fully saturated rings. The number of carboxylic acid groups (broad SMARTS) is 1. The van der Waals surface area contributed by atoms with Crippen LogP contribution in [0.1, 0.15) is 30.8 Å². The van der Waals surface area contributed by atoms with Crippen LogP contribution in [0.5, 0.6) is 0 Å². The van der Waals surface area contributed by atoms with Crippen molar-refractivity contribution in [1.82, 2.24) is 4.98 Å². The maximum absolute atomic E-state index is 10.7. The quantitative estimate of drug-likeness (QED) is 0.785. The van der Waals surface area contributed by atoms with Crippen molar-refractivity contribution in [2.24, 2.45) is 5.41 Å². The first kappa shape index (κ1) is 13.9. The Labute approximate surface area is 105 Å². The van der Waals surface area contributed by atoms with E-state index in [-0.39, 0.29) is 11.1 Å². The largest absolute Gasteiger partial charge is 0.476 e. The summed E-state index contributed by atoms with van der Waals surface area (Å²) in [6, 6.07) is 0. The molecule has 0 bridgehead atoms. The number of hydrogen-bond donors (Lipinski definition) is 2. The number of carboxylic acids is 1. The highest BCUT2D eigenvalue weighted by molar-refractivity contribution is 7.13. The smallest absolute Gasteiger partial charge is 0.355 e. The Balaban J connectivity index is 2.46. The molecule has 0 aliphatic carbocycles. The highest BCUT2D eigenvalue weighted by Gasteiger charge is 2.18. The van der Waals surface area contributed by atoms with Crippen molar-refractivity contribution in [3.05, 3.63) is 11.1 Å². The van der Waals surface area contributed by atoms with Gasteiger partial charge in [-0.25, -0.2) is 9.78 Å². The van der Waals surface area contributed by atoms with Crippen LogP contribution in [0.25, 0.3) is 0 Å². The lowest BCUT2D eigenvalue weighted by Gasteiger charge is -2.24.